The number of fused-ring (bicyclic) bond motifs is 2. The van der Waals surface area contributed by atoms with Crippen LogP contribution in [0.5, 0.6) is 0 Å². The summed E-state index contributed by atoms with van der Waals surface area (Å²) < 4.78 is 11.4. The zero-order chi connectivity index (χ0) is 25.7. The second-order valence-corrected chi connectivity index (χ2v) is 11.5. The van der Waals surface area contributed by atoms with Crippen LogP contribution in [-0.2, 0) is 20.7 Å². The van der Waals surface area contributed by atoms with Crippen molar-refractivity contribution in [1.29, 1.82) is 0 Å². The van der Waals surface area contributed by atoms with Crippen molar-refractivity contribution in [2.24, 2.45) is 10.4 Å². The van der Waals surface area contributed by atoms with Crippen LogP contribution in [-0.4, -0.2) is 83.1 Å². The molecule has 2 aromatic rings. The van der Waals surface area contributed by atoms with E-state index >= 15 is 0 Å². The summed E-state index contributed by atoms with van der Waals surface area (Å²) in [6.45, 7) is 7.06. The van der Waals surface area contributed by atoms with Gasteiger partial charge >= 0.3 is 0 Å². The minimum absolute atomic E-state index is 0.115. The summed E-state index contributed by atoms with van der Waals surface area (Å²) in [5.74, 6) is 0.982. The van der Waals surface area contributed by atoms with Crippen molar-refractivity contribution in [2.45, 2.75) is 57.4 Å². The van der Waals surface area contributed by atoms with E-state index in [-0.39, 0.29) is 18.2 Å². The zero-order valence-electron chi connectivity index (χ0n) is 22.0. The van der Waals surface area contributed by atoms with Crippen LogP contribution in [0.2, 0.25) is 0 Å². The fourth-order valence-corrected chi connectivity index (χ4v) is 6.91. The molecule has 3 atom stereocenters. The lowest BCUT2D eigenvalue weighted by atomic mass is 9.71. The number of allylic oxidation sites excluding steroid dienone is 1. The summed E-state index contributed by atoms with van der Waals surface area (Å²) in [5, 5.41) is 0. The molecule has 0 saturated carbocycles. The molecular weight excluding hydrogens is 478 g/mol. The minimum Gasteiger partial charge on any atom is -0.367 e. The maximum absolute atomic E-state index is 13.0. The molecule has 5 heterocycles. The molecule has 3 fully saturated rings. The third-order valence-electron chi connectivity index (χ3n) is 9.02. The Balaban J connectivity index is 0.930. The van der Waals surface area contributed by atoms with Gasteiger partial charge in [0.25, 0.3) is 0 Å². The maximum Gasteiger partial charge on any atom is 0.228 e. The van der Waals surface area contributed by atoms with Gasteiger partial charge in [-0.2, -0.15) is 0 Å². The molecule has 0 N–H and O–H groups in total. The number of ether oxygens (including phenoxy) is 2. The SMILES string of the molecule is Cc1nccc(-c2ccc3c(c2)CC[C@H]3N2CC3(CCN(C(=O)CC4=NC5OCCOC5C=C4)CC3)C2)n1. The number of amides is 1. The van der Waals surface area contributed by atoms with Gasteiger partial charge in [0.05, 0.1) is 25.3 Å². The van der Waals surface area contributed by atoms with E-state index in [2.05, 4.69) is 38.1 Å². The Morgan fingerprint density at radius 3 is 2.82 bits per heavy atom. The highest BCUT2D eigenvalue weighted by Crippen LogP contribution is 2.48. The highest BCUT2D eigenvalue weighted by atomic mass is 16.6. The summed E-state index contributed by atoms with van der Waals surface area (Å²) in [5.41, 5.74) is 6.29. The Morgan fingerprint density at radius 1 is 1.13 bits per heavy atom. The number of nitrogens with zero attached hydrogens (tertiary/aromatic N) is 5. The second-order valence-electron chi connectivity index (χ2n) is 11.5. The molecule has 1 aliphatic carbocycles. The largest absolute Gasteiger partial charge is 0.367 e. The van der Waals surface area contributed by atoms with Crippen LogP contribution >= 0.6 is 0 Å². The zero-order valence-corrected chi connectivity index (χ0v) is 22.0. The number of aromatic nitrogens is 2. The Morgan fingerprint density at radius 2 is 1.97 bits per heavy atom. The van der Waals surface area contributed by atoms with Crippen LogP contribution in [0.4, 0.5) is 0 Å². The Bertz CT molecular complexity index is 1290. The molecule has 8 nitrogen and oxygen atoms in total. The standard InChI is InChI=1S/C30H35N5O3/c1-20-31-11-8-25(32-20)22-2-5-24-21(16-22)3-6-26(24)35-18-30(19-35)9-12-34(13-10-30)28(36)17-23-4-7-27-29(33-23)38-15-14-37-27/h2,4-5,7-8,11,16,26-27,29H,3,6,9-10,12-15,17-19H2,1H3/t26-,27?,29?/m1/s1. The van der Waals surface area contributed by atoms with Gasteiger partial charge in [-0.05, 0) is 73.4 Å². The van der Waals surface area contributed by atoms with E-state index in [4.69, 9.17) is 9.47 Å². The number of benzene rings is 1. The summed E-state index contributed by atoms with van der Waals surface area (Å²) in [7, 11) is 0. The fraction of sp³-hybridized carbons (Fsp3) is 0.533. The number of piperidine rings is 1. The van der Waals surface area contributed by atoms with Crippen LogP contribution in [0.15, 0.2) is 47.6 Å². The first-order valence-corrected chi connectivity index (χ1v) is 14.0. The molecule has 3 saturated heterocycles. The highest BCUT2D eigenvalue weighted by molar-refractivity contribution is 6.07. The number of aryl methyl sites for hydroxylation is 2. The molecule has 198 valence electrons. The van der Waals surface area contributed by atoms with Crippen LogP contribution in [0.25, 0.3) is 11.3 Å². The molecule has 2 unspecified atom stereocenters. The number of aliphatic imine (C=N–C) groups is 1. The van der Waals surface area contributed by atoms with Crippen molar-refractivity contribution in [2.75, 3.05) is 39.4 Å². The first-order chi connectivity index (χ1) is 18.6. The molecule has 1 aromatic carbocycles. The Hall–Kier alpha value is -2.94. The number of carbonyl (C=O) groups excluding carboxylic acids is 1. The number of rotatable bonds is 4. The fourth-order valence-electron chi connectivity index (χ4n) is 6.91. The maximum atomic E-state index is 13.0. The Kier molecular flexibility index (Phi) is 6.14. The molecule has 0 radical (unpaired) electrons. The van der Waals surface area contributed by atoms with E-state index in [1.807, 2.05) is 36.2 Å². The second kappa shape index (κ2) is 9.67. The molecule has 1 spiro atoms. The summed E-state index contributed by atoms with van der Waals surface area (Å²) in [6.07, 6.45) is 10.2. The lowest BCUT2D eigenvalue weighted by Gasteiger charge is -2.56. The lowest BCUT2D eigenvalue weighted by Crippen LogP contribution is -2.61. The molecule has 5 aliphatic rings. The predicted molar refractivity (Wildman–Crippen MR) is 144 cm³/mol. The molecule has 1 aromatic heterocycles. The quantitative estimate of drug-likeness (QED) is 0.623. The Labute approximate surface area is 223 Å². The van der Waals surface area contributed by atoms with Crippen molar-refractivity contribution in [3.8, 4) is 11.3 Å². The third kappa shape index (κ3) is 4.48. The van der Waals surface area contributed by atoms with Gasteiger partial charge in [0, 0.05) is 49.7 Å². The summed E-state index contributed by atoms with van der Waals surface area (Å²) in [4.78, 5) is 31.2. The number of hydrogen-bond acceptors (Lipinski definition) is 7. The van der Waals surface area contributed by atoms with Crippen molar-refractivity contribution in [1.82, 2.24) is 19.8 Å². The van der Waals surface area contributed by atoms with Crippen molar-refractivity contribution < 1.29 is 14.3 Å². The van der Waals surface area contributed by atoms with Gasteiger partial charge in [-0.25, -0.2) is 9.97 Å². The molecule has 8 heteroatoms. The van der Waals surface area contributed by atoms with E-state index < -0.39 is 0 Å². The van der Waals surface area contributed by atoms with Gasteiger partial charge in [-0.3, -0.25) is 14.7 Å². The molecule has 38 heavy (non-hydrogen) atoms. The van der Waals surface area contributed by atoms with Crippen molar-refractivity contribution in [3.63, 3.8) is 0 Å². The van der Waals surface area contributed by atoms with Gasteiger partial charge < -0.3 is 14.4 Å². The van der Waals surface area contributed by atoms with Gasteiger partial charge in [0.2, 0.25) is 5.91 Å². The van der Waals surface area contributed by atoms with Crippen molar-refractivity contribution >= 4 is 11.6 Å². The third-order valence-corrected chi connectivity index (χ3v) is 9.02. The number of hydrogen-bond donors (Lipinski definition) is 0. The predicted octanol–water partition coefficient (Wildman–Crippen LogP) is 3.51. The average Bonchev–Trinajstić information content (AvgIpc) is 3.34. The van der Waals surface area contributed by atoms with Gasteiger partial charge in [-0.1, -0.05) is 12.1 Å². The van der Waals surface area contributed by atoms with Crippen LogP contribution in [0, 0.1) is 12.3 Å². The van der Waals surface area contributed by atoms with Gasteiger partial charge in [0.1, 0.15) is 11.9 Å². The van der Waals surface area contributed by atoms with E-state index in [9.17, 15) is 4.79 Å². The van der Waals surface area contributed by atoms with E-state index in [1.54, 1.807) is 0 Å². The van der Waals surface area contributed by atoms with Crippen molar-refractivity contribution in [3.05, 3.63) is 59.6 Å². The van der Waals surface area contributed by atoms with E-state index in [0.717, 1.165) is 62.7 Å². The van der Waals surface area contributed by atoms with Crippen LogP contribution in [0.1, 0.15) is 48.7 Å². The van der Waals surface area contributed by atoms with E-state index in [1.165, 1.54) is 23.1 Å². The van der Waals surface area contributed by atoms with Gasteiger partial charge in [-0.15, -0.1) is 0 Å². The van der Waals surface area contributed by atoms with Crippen LogP contribution < -0.4 is 0 Å². The summed E-state index contributed by atoms with van der Waals surface area (Å²) >= 11 is 0. The molecule has 1 amide bonds. The van der Waals surface area contributed by atoms with E-state index in [0.29, 0.717) is 31.1 Å². The van der Waals surface area contributed by atoms with Crippen LogP contribution in [0.3, 0.4) is 0 Å². The topological polar surface area (TPSA) is 80.2 Å². The molecular formula is C30H35N5O3. The normalized spacial score (nSPS) is 28.0. The monoisotopic (exact) mass is 513 g/mol. The number of dihydropyridines is 1. The number of carbonyl (C=O) groups is 1. The first kappa shape index (κ1) is 24.1. The number of likely N-dealkylation sites (tertiary alicyclic amines) is 2. The van der Waals surface area contributed by atoms with Gasteiger partial charge in [0.15, 0.2) is 6.23 Å². The smallest absolute Gasteiger partial charge is 0.228 e. The average molecular weight is 514 g/mol. The minimum atomic E-state index is -0.300. The molecule has 4 aliphatic heterocycles. The highest BCUT2D eigenvalue weighted by Gasteiger charge is 2.48. The molecule has 7 rings (SSSR count). The molecule has 0 bridgehead atoms. The lowest BCUT2D eigenvalue weighted by molar-refractivity contribution is -0.136. The summed E-state index contributed by atoms with van der Waals surface area (Å²) in [6, 6.07) is 9.38. The first-order valence-electron chi connectivity index (χ1n) is 14.0.